The lowest BCUT2D eigenvalue weighted by Gasteiger charge is -2.13. The zero-order valence-corrected chi connectivity index (χ0v) is 11.6. The number of para-hydroxylation sites is 1. The molecule has 104 valence electrons. The van der Waals surface area contributed by atoms with E-state index in [0.717, 1.165) is 23.7 Å². The maximum atomic E-state index is 12.4. The van der Waals surface area contributed by atoms with Crippen molar-refractivity contribution in [3.8, 4) is 0 Å². The lowest BCUT2D eigenvalue weighted by Crippen LogP contribution is -2.27. The number of aromatic amines is 1. The monoisotopic (exact) mass is 276 g/mol. The van der Waals surface area contributed by atoms with E-state index in [0.29, 0.717) is 5.69 Å². The third-order valence-electron chi connectivity index (χ3n) is 4.21. The molecule has 1 amide bonds. The minimum absolute atomic E-state index is 0.0343. The molecular weight excluding hydrogens is 260 g/mol. The lowest BCUT2D eigenvalue weighted by molar-refractivity contribution is 0.0932. The number of rotatable bonds is 2. The first-order valence-corrected chi connectivity index (χ1v) is 7.28. The molecule has 3 heteroatoms. The lowest BCUT2D eigenvalue weighted by atomic mass is 10.1. The summed E-state index contributed by atoms with van der Waals surface area (Å²) in [6, 6.07) is 18.3. The second-order valence-electron chi connectivity index (χ2n) is 5.53. The summed E-state index contributed by atoms with van der Waals surface area (Å²) in [6.07, 6.45) is 2.01. The average Bonchev–Trinajstić information content (AvgIpc) is 3.11. The van der Waals surface area contributed by atoms with Crippen molar-refractivity contribution in [2.45, 2.75) is 18.9 Å². The molecule has 0 radical (unpaired) electrons. The second-order valence-corrected chi connectivity index (χ2v) is 5.53. The number of carbonyl (C=O) groups excluding carboxylic acids is 1. The molecule has 1 aliphatic rings. The summed E-state index contributed by atoms with van der Waals surface area (Å²) in [4.78, 5) is 15.6. The van der Waals surface area contributed by atoms with Crippen LogP contribution in [0.4, 0.5) is 0 Å². The maximum Gasteiger partial charge on any atom is 0.268 e. The fraction of sp³-hybridized carbons (Fsp3) is 0.167. The van der Waals surface area contributed by atoms with E-state index in [1.807, 2.05) is 36.4 Å². The molecular formula is C18H16N2O. The first-order valence-electron chi connectivity index (χ1n) is 7.28. The molecule has 0 saturated heterocycles. The summed E-state index contributed by atoms with van der Waals surface area (Å²) >= 11 is 0. The number of H-pyrrole nitrogens is 1. The Balaban J connectivity index is 1.59. The fourth-order valence-electron chi connectivity index (χ4n) is 3.14. The van der Waals surface area contributed by atoms with Gasteiger partial charge in [-0.25, -0.2) is 0 Å². The molecule has 1 aromatic heterocycles. The summed E-state index contributed by atoms with van der Waals surface area (Å²) in [5.41, 5.74) is 4.22. The summed E-state index contributed by atoms with van der Waals surface area (Å²) in [6.45, 7) is 0. The molecule has 3 nitrogen and oxygen atoms in total. The van der Waals surface area contributed by atoms with Gasteiger partial charge in [-0.3, -0.25) is 4.79 Å². The number of amides is 1. The van der Waals surface area contributed by atoms with Crippen LogP contribution < -0.4 is 5.32 Å². The third kappa shape index (κ3) is 2.11. The standard InChI is InChI=1S/C18H16N2O/c21-18(17-11-13-6-2-4-8-15(13)19-17)20-16-10-9-12-5-1-3-7-14(12)16/h1-8,11,16,19H,9-10H2,(H,20,21). The normalized spacial score (nSPS) is 16.9. The van der Waals surface area contributed by atoms with Crippen LogP contribution in [0, 0.1) is 0 Å². The third-order valence-corrected chi connectivity index (χ3v) is 4.21. The Morgan fingerprint density at radius 2 is 1.90 bits per heavy atom. The van der Waals surface area contributed by atoms with Gasteiger partial charge in [0.15, 0.2) is 0 Å². The Morgan fingerprint density at radius 1 is 1.10 bits per heavy atom. The van der Waals surface area contributed by atoms with Gasteiger partial charge in [0, 0.05) is 10.9 Å². The number of carbonyl (C=O) groups is 1. The Morgan fingerprint density at radius 3 is 2.81 bits per heavy atom. The molecule has 1 heterocycles. The van der Waals surface area contributed by atoms with E-state index in [2.05, 4.69) is 28.5 Å². The van der Waals surface area contributed by atoms with E-state index in [1.54, 1.807) is 0 Å². The summed E-state index contributed by atoms with van der Waals surface area (Å²) in [5, 5.41) is 4.21. The maximum absolute atomic E-state index is 12.4. The summed E-state index contributed by atoms with van der Waals surface area (Å²) < 4.78 is 0. The first-order chi connectivity index (χ1) is 10.3. The highest BCUT2D eigenvalue weighted by Crippen LogP contribution is 2.31. The first kappa shape index (κ1) is 12.2. The van der Waals surface area contributed by atoms with Crippen LogP contribution in [0.5, 0.6) is 0 Å². The van der Waals surface area contributed by atoms with Crippen LogP contribution in [0.3, 0.4) is 0 Å². The smallest absolute Gasteiger partial charge is 0.268 e. The van der Waals surface area contributed by atoms with Gasteiger partial charge in [-0.05, 0) is 36.1 Å². The number of aromatic nitrogens is 1. The van der Waals surface area contributed by atoms with Gasteiger partial charge >= 0.3 is 0 Å². The predicted octanol–water partition coefficient (Wildman–Crippen LogP) is 3.59. The number of aryl methyl sites for hydroxylation is 1. The zero-order chi connectivity index (χ0) is 14.2. The van der Waals surface area contributed by atoms with E-state index < -0.39 is 0 Å². The van der Waals surface area contributed by atoms with Crippen LogP contribution in [0.1, 0.15) is 34.1 Å². The Kier molecular flexibility index (Phi) is 2.78. The van der Waals surface area contributed by atoms with Crippen molar-refractivity contribution in [1.29, 1.82) is 0 Å². The summed E-state index contributed by atoms with van der Waals surface area (Å²) in [5.74, 6) is -0.0343. The number of hydrogen-bond donors (Lipinski definition) is 2. The second kappa shape index (κ2) is 4.77. The Hall–Kier alpha value is -2.55. The highest BCUT2D eigenvalue weighted by molar-refractivity contribution is 5.98. The van der Waals surface area contributed by atoms with Crippen molar-refractivity contribution in [2.75, 3.05) is 0 Å². The molecule has 0 spiro atoms. The average molecular weight is 276 g/mol. The van der Waals surface area contributed by atoms with Gasteiger partial charge in [0.1, 0.15) is 5.69 Å². The number of hydrogen-bond acceptors (Lipinski definition) is 1. The number of benzene rings is 2. The quantitative estimate of drug-likeness (QED) is 0.738. The highest BCUT2D eigenvalue weighted by Gasteiger charge is 2.24. The zero-order valence-electron chi connectivity index (χ0n) is 11.6. The molecule has 0 fully saturated rings. The molecule has 2 aromatic carbocycles. The number of nitrogens with one attached hydrogen (secondary N) is 2. The largest absolute Gasteiger partial charge is 0.351 e. The minimum atomic E-state index is -0.0343. The molecule has 1 unspecified atom stereocenters. The predicted molar refractivity (Wildman–Crippen MR) is 83.3 cm³/mol. The van der Waals surface area contributed by atoms with Crippen LogP contribution >= 0.6 is 0 Å². The van der Waals surface area contributed by atoms with Gasteiger partial charge < -0.3 is 10.3 Å². The van der Waals surface area contributed by atoms with E-state index in [1.165, 1.54) is 11.1 Å². The van der Waals surface area contributed by atoms with Crippen LogP contribution in [0.15, 0.2) is 54.6 Å². The van der Waals surface area contributed by atoms with Crippen molar-refractivity contribution < 1.29 is 4.79 Å². The van der Waals surface area contributed by atoms with Gasteiger partial charge in [-0.15, -0.1) is 0 Å². The highest BCUT2D eigenvalue weighted by atomic mass is 16.1. The number of fused-ring (bicyclic) bond motifs is 2. The molecule has 4 rings (SSSR count). The molecule has 0 saturated carbocycles. The molecule has 0 bridgehead atoms. The molecule has 1 aliphatic carbocycles. The van der Waals surface area contributed by atoms with Gasteiger partial charge in [0.2, 0.25) is 0 Å². The Bertz CT molecular complexity index is 786. The van der Waals surface area contributed by atoms with Crippen molar-refractivity contribution in [3.63, 3.8) is 0 Å². The van der Waals surface area contributed by atoms with E-state index in [9.17, 15) is 4.79 Å². The van der Waals surface area contributed by atoms with Crippen LogP contribution in [0.25, 0.3) is 10.9 Å². The topological polar surface area (TPSA) is 44.9 Å². The molecule has 1 atom stereocenters. The van der Waals surface area contributed by atoms with Gasteiger partial charge in [0.25, 0.3) is 5.91 Å². The van der Waals surface area contributed by atoms with E-state index in [4.69, 9.17) is 0 Å². The van der Waals surface area contributed by atoms with E-state index in [-0.39, 0.29) is 11.9 Å². The minimum Gasteiger partial charge on any atom is -0.351 e. The van der Waals surface area contributed by atoms with Gasteiger partial charge in [0.05, 0.1) is 6.04 Å². The summed E-state index contributed by atoms with van der Waals surface area (Å²) in [7, 11) is 0. The molecule has 3 aromatic rings. The van der Waals surface area contributed by atoms with E-state index >= 15 is 0 Å². The van der Waals surface area contributed by atoms with Crippen molar-refractivity contribution in [3.05, 3.63) is 71.4 Å². The fourth-order valence-corrected chi connectivity index (χ4v) is 3.14. The Labute approximate surface area is 123 Å². The van der Waals surface area contributed by atoms with Gasteiger partial charge in [-0.2, -0.15) is 0 Å². The van der Waals surface area contributed by atoms with Crippen LogP contribution in [-0.4, -0.2) is 10.9 Å². The van der Waals surface area contributed by atoms with Gasteiger partial charge in [-0.1, -0.05) is 42.5 Å². The molecule has 2 N–H and O–H groups in total. The van der Waals surface area contributed by atoms with Crippen molar-refractivity contribution in [2.24, 2.45) is 0 Å². The van der Waals surface area contributed by atoms with Crippen molar-refractivity contribution >= 4 is 16.8 Å². The molecule has 0 aliphatic heterocycles. The van der Waals surface area contributed by atoms with Crippen LogP contribution in [-0.2, 0) is 6.42 Å². The molecule has 21 heavy (non-hydrogen) atoms. The SMILES string of the molecule is O=C(NC1CCc2ccccc21)c1cc2ccccc2[nH]1. The van der Waals surface area contributed by atoms with Crippen LogP contribution in [0.2, 0.25) is 0 Å². The van der Waals surface area contributed by atoms with Crippen molar-refractivity contribution in [1.82, 2.24) is 10.3 Å².